The summed E-state index contributed by atoms with van der Waals surface area (Å²) < 4.78 is 18.9. The number of hydrogen-bond donors (Lipinski definition) is 0. The molecule has 4 aromatic carbocycles. The van der Waals surface area contributed by atoms with Crippen LogP contribution < -0.4 is 11.0 Å². The van der Waals surface area contributed by atoms with Gasteiger partial charge in [-0.2, -0.15) is 0 Å². The van der Waals surface area contributed by atoms with Crippen molar-refractivity contribution < 1.29 is 8.85 Å². The molecule has 238 valence electrons. The third-order valence-corrected chi connectivity index (χ3v) is 12.6. The van der Waals surface area contributed by atoms with E-state index in [1.165, 1.54) is 0 Å². The van der Waals surface area contributed by atoms with E-state index in [4.69, 9.17) is 38.8 Å². The Kier molecular flexibility index (Phi) is 5.91. The Balaban J connectivity index is 1.55. The first kappa shape index (κ1) is 28.4. The Morgan fingerprint density at radius 3 is 1.16 bits per heavy atom. The predicted molar refractivity (Wildman–Crippen MR) is 194 cm³/mol. The molecule has 0 unspecified atom stereocenters. The molecule has 6 aromatic rings. The summed E-state index contributed by atoms with van der Waals surface area (Å²) in [6.45, 7) is 8.14. The van der Waals surface area contributed by atoms with E-state index in [9.17, 15) is 0 Å². The molecule has 0 amide bonds. The second kappa shape index (κ2) is 10.2. The first-order chi connectivity index (χ1) is 23.9. The molecule has 2 aromatic heterocycles. The van der Waals surface area contributed by atoms with E-state index in [1.807, 2.05) is 100 Å². The molecule has 4 aliphatic rings. The minimum Gasteiger partial charge on any atom is -0.359 e. The van der Waals surface area contributed by atoms with Crippen LogP contribution in [-0.2, 0) is 8.85 Å². The SMILES string of the molecule is CC(C)O[Si]1(OC(C)C)n2c3c4ccccc4c2/N=C2N=C(/N=c4/c5ccccc5/c(n41)=N/C1=NC(=N\3)/c3ccccc31)c1ccccc1\2. The van der Waals surface area contributed by atoms with Crippen LogP contribution in [0.1, 0.15) is 49.9 Å². The van der Waals surface area contributed by atoms with E-state index < -0.39 is 8.88 Å². The van der Waals surface area contributed by atoms with Gasteiger partial charge in [-0.25, -0.2) is 30.0 Å². The number of aromatic nitrogens is 2. The molecule has 10 rings (SSSR count). The van der Waals surface area contributed by atoms with Crippen LogP contribution in [-0.4, -0.2) is 52.9 Å². The molecule has 0 saturated heterocycles. The van der Waals surface area contributed by atoms with Crippen LogP contribution in [0, 0.1) is 0 Å². The minimum absolute atomic E-state index is 0.258. The van der Waals surface area contributed by atoms with E-state index in [0.717, 1.165) is 43.8 Å². The van der Waals surface area contributed by atoms with Crippen molar-refractivity contribution in [3.05, 3.63) is 130 Å². The molecule has 0 radical (unpaired) electrons. The van der Waals surface area contributed by atoms with Crippen LogP contribution in [0.2, 0.25) is 0 Å². The highest BCUT2D eigenvalue weighted by atomic mass is 28.4. The average Bonchev–Trinajstić information content (AvgIpc) is 3.81. The van der Waals surface area contributed by atoms with Crippen LogP contribution in [0.3, 0.4) is 0 Å². The fourth-order valence-corrected chi connectivity index (χ4v) is 10.9. The Bertz CT molecular complexity index is 2520. The molecule has 0 saturated carbocycles. The molecule has 6 bridgehead atoms. The molecular formula is C38H30N8O2Si. The molecule has 0 atom stereocenters. The second-order valence-corrected chi connectivity index (χ2v) is 15.5. The summed E-state index contributed by atoms with van der Waals surface area (Å²) >= 11 is 0. The van der Waals surface area contributed by atoms with Crippen molar-refractivity contribution in [1.29, 1.82) is 0 Å². The van der Waals surface area contributed by atoms with Crippen molar-refractivity contribution in [1.82, 2.24) is 8.47 Å². The lowest BCUT2D eigenvalue weighted by molar-refractivity contribution is 0.0885. The molecule has 49 heavy (non-hydrogen) atoms. The lowest BCUT2D eigenvalue weighted by Gasteiger charge is -2.36. The van der Waals surface area contributed by atoms with Gasteiger partial charge in [-0.3, -0.25) is 8.47 Å². The number of rotatable bonds is 4. The maximum absolute atomic E-state index is 7.33. The first-order valence-corrected chi connectivity index (χ1v) is 18.2. The normalized spacial score (nSPS) is 20.0. The zero-order valence-electron chi connectivity index (χ0n) is 27.3. The topological polar surface area (TPSA) is 102 Å². The molecule has 11 heteroatoms. The van der Waals surface area contributed by atoms with Gasteiger partial charge >= 0.3 is 8.88 Å². The van der Waals surface area contributed by atoms with E-state index in [1.54, 1.807) is 0 Å². The number of amidine groups is 4. The Morgan fingerprint density at radius 1 is 0.429 bits per heavy atom. The molecule has 6 heterocycles. The smallest absolute Gasteiger partial charge is 0.359 e. The number of hydrogen-bond acceptors (Lipinski definition) is 8. The highest BCUT2D eigenvalue weighted by Crippen LogP contribution is 2.44. The van der Waals surface area contributed by atoms with Crippen LogP contribution >= 0.6 is 0 Å². The van der Waals surface area contributed by atoms with Gasteiger partial charge in [0.25, 0.3) is 0 Å². The largest absolute Gasteiger partial charge is 0.603 e. The molecule has 0 aliphatic carbocycles. The summed E-state index contributed by atoms with van der Waals surface area (Å²) in [5.41, 5.74) is 4.92. The van der Waals surface area contributed by atoms with Gasteiger partial charge in [0.05, 0.1) is 0 Å². The molecule has 0 fully saturated rings. The van der Waals surface area contributed by atoms with Crippen molar-refractivity contribution in [2.75, 3.05) is 0 Å². The number of aliphatic imine (C=N–C) groups is 4. The van der Waals surface area contributed by atoms with Crippen molar-refractivity contribution in [2.45, 2.75) is 39.9 Å². The van der Waals surface area contributed by atoms with E-state index >= 15 is 0 Å². The zero-order chi connectivity index (χ0) is 33.0. The molecular weight excluding hydrogens is 629 g/mol. The standard InChI is InChI=1S/C38H30N8O2Si/c1-21(2)47-49(48-22(3)4)45-35-27-17-9-10-18-28(27)37(45)43-33-25-15-7-8-16-26(25)34(40-33)44-38-30-20-12-11-19-29(30)36(46(38)49)42-32-24-14-6-5-13-23(24)31(39-32)41-35/h5-22H,1-4H3/b41-31-,41-35?,42-32?,42-36-,43-33-,43-37?,44-34?,44-38-. The third-order valence-electron chi connectivity index (χ3n) is 9.10. The molecule has 4 aliphatic heterocycles. The summed E-state index contributed by atoms with van der Waals surface area (Å²) in [7, 11) is -4.01. The molecule has 10 nitrogen and oxygen atoms in total. The van der Waals surface area contributed by atoms with Gasteiger partial charge in [0.1, 0.15) is 22.6 Å². The first-order valence-electron chi connectivity index (χ1n) is 16.5. The lowest BCUT2D eigenvalue weighted by Crippen LogP contribution is -2.65. The van der Waals surface area contributed by atoms with Gasteiger partial charge in [0.15, 0.2) is 23.3 Å². The van der Waals surface area contributed by atoms with Gasteiger partial charge in [-0.15, -0.1) is 0 Å². The lowest BCUT2D eigenvalue weighted by atomic mass is 10.1. The predicted octanol–water partition coefficient (Wildman–Crippen LogP) is 6.22. The van der Waals surface area contributed by atoms with E-state index in [0.29, 0.717) is 46.0 Å². The van der Waals surface area contributed by atoms with Gasteiger partial charge in [0, 0.05) is 56.0 Å². The number of benzene rings is 4. The van der Waals surface area contributed by atoms with Crippen LogP contribution in [0.5, 0.6) is 0 Å². The second-order valence-electron chi connectivity index (χ2n) is 13.0. The van der Waals surface area contributed by atoms with Crippen LogP contribution in [0.15, 0.2) is 127 Å². The third kappa shape index (κ3) is 3.94. The minimum atomic E-state index is -4.01. The Labute approximate surface area is 282 Å². The number of fused-ring (bicyclic) bond motifs is 14. The van der Waals surface area contributed by atoms with Crippen molar-refractivity contribution in [2.24, 2.45) is 30.0 Å². The van der Waals surface area contributed by atoms with Gasteiger partial charge in [0.2, 0.25) is 0 Å². The van der Waals surface area contributed by atoms with Crippen molar-refractivity contribution in [3.8, 4) is 0 Å². The van der Waals surface area contributed by atoms with Crippen LogP contribution in [0.25, 0.3) is 21.5 Å². The summed E-state index contributed by atoms with van der Waals surface area (Å²) in [6.07, 6.45) is -0.516. The summed E-state index contributed by atoms with van der Waals surface area (Å²) in [4.78, 5) is 31.8. The van der Waals surface area contributed by atoms with Crippen molar-refractivity contribution >= 4 is 65.4 Å². The van der Waals surface area contributed by atoms with Gasteiger partial charge in [-0.05, 0) is 27.7 Å². The van der Waals surface area contributed by atoms with Gasteiger partial charge in [-0.1, -0.05) is 97.1 Å². The Morgan fingerprint density at radius 2 is 0.776 bits per heavy atom. The maximum Gasteiger partial charge on any atom is 0.603 e. The highest BCUT2D eigenvalue weighted by Gasteiger charge is 2.54. The summed E-state index contributed by atoms with van der Waals surface area (Å²) in [6, 6.07) is 32.6. The Hall–Kier alpha value is -5.62. The average molecular weight is 659 g/mol. The molecule has 0 N–H and O–H groups in total. The fraction of sp³-hybridized carbons (Fsp3) is 0.158. The monoisotopic (exact) mass is 658 g/mol. The summed E-state index contributed by atoms with van der Waals surface area (Å²) in [5, 5.41) is 3.60. The van der Waals surface area contributed by atoms with Crippen molar-refractivity contribution in [3.63, 3.8) is 0 Å². The molecule has 0 spiro atoms. The maximum atomic E-state index is 7.33. The fourth-order valence-electron chi connectivity index (χ4n) is 7.29. The number of nitrogens with zero attached hydrogens (tertiary/aromatic N) is 8. The van der Waals surface area contributed by atoms with E-state index in [2.05, 4.69) is 32.7 Å². The van der Waals surface area contributed by atoms with Gasteiger partial charge < -0.3 is 8.85 Å². The quantitative estimate of drug-likeness (QED) is 0.210. The van der Waals surface area contributed by atoms with Crippen LogP contribution in [0.4, 0.5) is 11.6 Å². The zero-order valence-corrected chi connectivity index (χ0v) is 28.3. The highest BCUT2D eigenvalue weighted by molar-refractivity contribution is 6.66. The summed E-state index contributed by atoms with van der Waals surface area (Å²) in [5.74, 6) is 3.58. The van der Waals surface area contributed by atoms with E-state index in [-0.39, 0.29) is 12.2 Å².